The normalized spacial score (nSPS) is 32.7. The Bertz CT molecular complexity index is 69.4. The highest BCUT2D eigenvalue weighted by molar-refractivity contribution is 7.99. The van der Waals surface area contributed by atoms with Crippen LogP contribution in [0.5, 0.6) is 0 Å². The smallest absolute Gasteiger partial charge is 0.0596 e. The molecule has 0 saturated carbocycles. The summed E-state index contributed by atoms with van der Waals surface area (Å²) in [6.07, 6.45) is 2.08. The Morgan fingerprint density at radius 1 is 1.78 bits per heavy atom. The van der Waals surface area contributed by atoms with Crippen molar-refractivity contribution in [2.75, 3.05) is 19.4 Å². The lowest BCUT2D eigenvalue weighted by molar-refractivity contribution is 0.205. The van der Waals surface area contributed by atoms with Gasteiger partial charge in [-0.15, -0.1) is 12.4 Å². The van der Waals surface area contributed by atoms with Crippen molar-refractivity contribution >= 4 is 24.2 Å². The Morgan fingerprint density at radius 2 is 2.44 bits per heavy atom. The van der Waals surface area contributed by atoms with Gasteiger partial charge in [-0.05, 0) is 6.26 Å². The number of hydrogen-bond donors (Lipinski definition) is 2. The molecule has 1 saturated heterocycles. The van der Waals surface area contributed by atoms with Crippen LogP contribution in [0.15, 0.2) is 0 Å². The molecule has 1 aliphatic heterocycles. The lowest BCUT2D eigenvalue weighted by Crippen LogP contribution is -2.57. The maximum absolute atomic E-state index is 8.61. The predicted molar refractivity (Wildman–Crippen MR) is 43.4 cm³/mol. The maximum Gasteiger partial charge on any atom is 0.0596 e. The van der Waals surface area contributed by atoms with Crippen molar-refractivity contribution in [2.24, 2.45) is 0 Å². The van der Waals surface area contributed by atoms with E-state index in [1.54, 1.807) is 0 Å². The molecule has 0 aromatic rings. The van der Waals surface area contributed by atoms with E-state index < -0.39 is 0 Å². The van der Waals surface area contributed by atoms with Gasteiger partial charge < -0.3 is 10.4 Å². The first-order chi connectivity index (χ1) is 3.88. The van der Waals surface area contributed by atoms with Crippen molar-refractivity contribution in [3.8, 4) is 0 Å². The average Bonchev–Trinajstić information content (AvgIpc) is 1.66. The van der Waals surface area contributed by atoms with Gasteiger partial charge >= 0.3 is 0 Å². The Morgan fingerprint density at radius 3 is 2.56 bits per heavy atom. The highest BCUT2D eigenvalue weighted by atomic mass is 35.5. The van der Waals surface area contributed by atoms with E-state index in [0.717, 1.165) is 6.54 Å². The quantitative estimate of drug-likeness (QED) is 0.616. The Hall–Kier alpha value is 0.560. The molecule has 0 bridgehead atoms. The van der Waals surface area contributed by atoms with Crippen LogP contribution in [0, 0.1) is 0 Å². The predicted octanol–water partition coefficient (Wildman–Crippen LogP) is 0.104. The van der Waals surface area contributed by atoms with Crippen LogP contribution in [0.1, 0.15) is 0 Å². The zero-order valence-electron chi connectivity index (χ0n) is 5.33. The molecule has 1 aliphatic rings. The molecule has 0 radical (unpaired) electrons. The highest BCUT2D eigenvalue weighted by Gasteiger charge is 2.27. The van der Waals surface area contributed by atoms with Crippen LogP contribution in [0.4, 0.5) is 0 Å². The Balaban J connectivity index is 0.000000640. The van der Waals surface area contributed by atoms with E-state index in [1.807, 2.05) is 11.8 Å². The van der Waals surface area contributed by atoms with Crippen LogP contribution >= 0.6 is 24.2 Å². The fraction of sp³-hybridized carbons (Fsp3) is 1.00. The van der Waals surface area contributed by atoms with Gasteiger partial charge in [0.05, 0.1) is 6.61 Å². The summed E-state index contributed by atoms with van der Waals surface area (Å²) in [4.78, 5) is 0. The molecule has 0 aromatic heterocycles. The molecule has 0 unspecified atom stereocenters. The summed E-state index contributed by atoms with van der Waals surface area (Å²) in [6, 6.07) is 0.366. The van der Waals surface area contributed by atoms with Crippen LogP contribution in [-0.4, -0.2) is 35.8 Å². The second kappa shape index (κ2) is 4.39. The van der Waals surface area contributed by atoms with E-state index >= 15 is 0 Å². The molecular formula is C5H12ClNOS. The molecule has 0 amide bonds. The van der Waals surface area contributed by atoms with Gasteiger partial charge in [0.15, 0.2) is 0 Å². The first-order valence-corrected chi connectivity index (χ1v) is 4.04. The number of hydrogen-bond acceptors (Lipinski definition) is 3. The third kappa shape index (κ3) is 2.00. The van der Waals surface area contributed by atoms with Crippen molar-refractivity contribution < 1.29 is 5.11 Å². The fourth-order valence-electron chi connectivity index (χ4n) is 0.810. The van der Waals surface area contributed by atoms with Gasteiger partial charge in [0, 0.05) is 17.8 Å². The van der Waals surface area contributed by atoms with Crippen LogP contribution in [0.3, 0.4) is 0 Å². The van der Waals surface area contributed by atoms with Crippen molar-refractivity contribution in [2.45, 2.75) is 11.3 Å². The second-order valence-electron chi connectivity index (χ2n) is 1.97. The molecule has 9 heavy (non-hydrogen) atoms. The van der Waals surface area contributed by atoms with E-state index in [-0.39, 0.29) is 19.0 Å². The number of thioether (sulfide) groups is 1. The molecule has 56 valence electrons. The third-order valence-electron chi connectivity index (χ3n) is 1.53. The minimum absolute atomic E-state index is 0. The zero-order chi connectivity index (χ0) is 5.98. The van der Waals surface area contributed by atoms with Gasteiger partial charge in [-0.25, -0.2) is 0 Å². The van der Waals surface area contributed by atoms with Gasteiger partial charge in [0.1, 0.15) is 0 Å². The topological polar surface area (TPSA) is 32.3 Å². The van der Waals surface area contributed by atoms with Gasteiger partial charge in [-0.2, -0.15) is 11.8 Å². The summed E-state index contributed by atoms with van der Waals surface area (Å²) in [5.74, 6) is 0. The average molecular weight is 170 g/mol. The summed E-state index contributed by atoms with van der Waals surface area (Å²) in [7, 11) is 0. The molecule has 1 heterocycles. The van der Waals surface area contributed by atoms with E-state index in [4.69, 9.17) is 5.11 Å². The van der Waals surface area contributed by atoms with Gasteiger partial charge in [-0.3, -0.25) is 0 Å². The van der Waals surface area contributed by atoms with E-state index in [2.05, 4.69) is 11.6 Å². The molecule has 0 aliphatic carbocycles. The van der Waals surface area contributed by atoms with Crippen LogP contribution < -0.4 is 5.32 Å². The summed E-state index contributed by atoms with van der Waals surface area (Å²) in [5, 5.41) is 12.4. The summed E-state index contributed by atoms with van der Waals surface area (Å²) in [6.45, 7) is 1.35. The summed E-state index contributed by atoms with van der Waals surface area (Å²) < 4.78 is 0. The number of rotatable bonds is 2. The molecule has 2 N–H and O–H groups in total. The summed E-state index contributed by atoms with van der Waals surface area (Å²) in [5.41, 5.74) is 0. The van der Waals surface area contributed by atoms with Crippen molar-refractivity contribution in [1.82, 2.24) is 5.32 Å². The van der Waals surface area contributed by atoms with Crippen LogP contribution in [-0.2, 0) is 0 Å². The molecular weight excluding hydrogens is 158 g/mol. The minimum Gasteiger partial charge on any atom is -0.395 e. The summed E-state index contributed by atoms with van der Waals surface area (Å²) >= 11 is 1.82. The van der Waals surface area contributed by atoms with Crippen LogP contribution in [0.2, 0.25) is 0 Å². The standard InChI is InChI=1S/C5H11NOS.ClH/c1-8-5-2-6-4(5)3-7;/h4-7H,2-3H2,1H3;1H/t4-,5-;/m1./s1. The van der Waals surface area contributed by atoms with E-state index in [9.17, 15) is 0 Å². The van der Waals surface area contributed by atoms with Gasteiger partial charge in [-0.1, -0.05) is 0 Å². The Kier molecular flexibility index (Phi) is 4.66. The van der Waals surface area contributed by atoms with Crippen molar-refractivity contribution in [3.63, 3.8) is 0 Å². The molecule has 1 fully saturated rings. The van der Waals surface area contributed by atoms with E-state index in [0.29, 0.717) is 11.3 Å². The third-order valence-corrected chi connectivity index (χ3v) is 2.63. The van der Waals surface area contributed by atoms with Crippen molar-refractivity contribution in [1.29, 1.82) is 0 Å². The van der Waals surface area contributed by atoms with Crippen LogP contribution in [0.25, 0.3) is 0 Å². The maximum atomic E-state index is 8.61. The van der Waals surface area contributed by atoms with Gasteiger partial charge in [0.2, 0.25) is 0 Å². The van der Waals surface area contributed by atoms with Crippen molar-refractivity contribution in [3.05, 3.63) is 0 Å². The number of halogens is 1. The van der Waals surface area contributed by atoms with E-state index in [1.165, 1.54) is 0 Å². The number of aliphatic hydroxyl groups is 1. The molecule has 2 nitrogen and oxygen atoms in total. The largest absolute Gasteiger partial charge is 0.395 e. The fourth-order valence-corrected chi connectivity index (χ4v) is 1.58. The first-order valence-electron chi connectivity index (χ1n) is 2.75. The first kappa shape index (κ1) is 9.56. The van der Waals surface area contributed by atoms with Gasteiger partial charge in [0.25, 0.3) is 0 Å². The molecule has 0 aromatic carbocycles. The lowest BCUT2D eigenvalue weighted by Gasteiger charge is -2.35. The molecule has 2 atom stereocenters. The Labute approximate surface area is 65.8 Å². The molecule has 0 spiro atoms. The lowest BCUT2D eigenvalue weighted by atomic mass is 10.1. The monoisotopic (exact) mass is 169 g/mol. The number of nitrogens with one attached hydrogen (secondary N) is 1. The number of aliphatic hydroxyl groups excluding tert-OH is 1. The minimum atomic E-state index is 0. The molecule has 1 rings (SSSR count). The zero-order valence-corrected chi connectivity index (χ0v) is 6.97. The SMILES string of the molecule is CS[C@@H]1CN[C@@H]1CO.Cl. The second-order valence-corrected chi connectivity index (χ2v) is 3.05. The molecule has 4 heteroatoms. The highest BCUT2D eigenvalue weighted by Crippen LogP contribution is 2.16.